The average molecular weight is 266 g/mol. The van der Waals surface area contributed by atoms with Crippen LogP contribution < -0.4 is 0 Å². The molecular formula is C14H12F2O3. The zero-order valence-corrected chi connectivity index (χ0v) is 9.90. The molecule has 0 bridgehead atoms. The Morgan fingerprint density at radius 3 is 2.21 bits per heavy atom. The van der Waals surface area contributed by atoms with Crippen LogP contribution in [-0.4, -0.2) is 15.3 Å². The van der Waals surface area contributed by atoms with E-state index in [0.717, 1.165) is 12.1 Å². The van der Waals surface area contributed by atoms with Crippen molar-refractivity contribution >= 4 is 0 Å². The molecule has 3 nitrogen and oxygen atoms in total. The van der Waals surface area contributed by atoms with Gasteiger partial charge in [-0.15, -0.1) is 0 Å². The maximum absolute atomic E-state index is 13.0. The van der Waals surface area contributed by atoms with E-state index >= 15 is 0 Å². The number of phenolic OH excluding ortho intramolecular Hbond substituents is 3. The van der Waals surface area contributed by atoms with Crippen molar-refractivity contribution in [2.24, 2.45) is 0 Å². The second-order valence-corrected chi connectivity index (χ2v) is 4.19. The third-order valence-electron chi connectivity index (χ3n) is 2.88. The van der Waals surface area contributed by atoms with Crippen molar-refractivity contribution in [3.63, 3.8) is 0 Å². The van der Waals surface area contributed by atoms with E-state index in [2.05, 4.69) is 0 Å². The van der Waals surface area contributed by atoms with Crippen molar-refractivity contribution in [2.45, 2.75) is 12.8 Å². The zero-order valence-electron chi connectivity index (χ0n) is 9.90. The molecule has 2 rings (SSSR count). The molecule has 5 heteroatoms. The van der Waals surface area contributed by atoms with E-state index < -0.39 is 28.9 Å². The molecule has 0 aliphatic rings. The van der Waals surface area contributed by atoms with Gasteiger partial charge < -0.3 is 15.3 Å². The summed E-state index contributed by atoms with van der Waals surface area (Å²) in [5.74, 6) is -3.22. The van der Waals surface area contributed by atoms with Crippen LogP contribution in [0.3, 0.4) is 0 Å². The summed E-state index contributed by atoms with van der Waals surface area (Å²) in [6.45, 7) is 0. The number of phenols is 3. The van der Waals surface area contributed by atoms with E-state index in [9.17, 15) is 24.1 Å². The molecule has 3 N–H and O–H groups in total. The van der Waals surface area contributed by atoms with Crippen molar-refractivity contribution in [1.82, 2.24) is 0 Å². The summed E-state index contributed by atoms with van der Waals surface area (Å²) in [5.41, 5.74) is 0.992. The first kappa shape index (κ1) is 13.1. The lowest BCUT2D eigenvalue weighted by molar-refractivity contribution is 0.365. The quantitative estimate of drug-likeness (QED) is 0.749. The molecule has 0 saturated heterocycles. The largest absolute Gasteiger partial charge is 0.504 e. The van der Waals surface area contributed by atoms with E-state index in [1.165, 1.54) is 18.2 Å². The van der Waals surface area contributed by atoms with Crippen LogP contribution >= 0.6 is 0 Å². The van der Waals surface area contributed by atoms with E-state index in [4.69, 9.17) is 0 Å². The second-order valence-electron chi connectivity index (χ2n) is 4.19. The van der Waals surface area contributed by atoms with Gasteiger partial charge >= 0.3 is 0 Å². The molecule has 2 aromatic rings. The molecule has 0 unspecified atom stereocenters. The molecule has 19 heavy (non-hydrogen) atoms. The number of halogens is 2. The maximum atomic E-state index is 13.0. The molecule has 0 spiro atoms. The minimum Gasteiger partial charge on any atom is -0.504 e. The van der Waals surface area contributed by atoms with Gasteiger partial charge in [-0.1, -0.05) is 12.1 Å². The number of benzene rings is 2. The standard InChI is InChI=1S/C14H12F2O3/c15-10-5-2-8(7-11(10)16)1-3-9-4-6-12(17)14(19)13(9)18/h2,4-7,17-19H,1,3H2. The van der Waals surface area contributed by atoms with Crippen molar-refractivity contribution in [3.05, 3.63) is 53.1 Å². The maximum Gasteiger partial charge on any atom is 0.200 e. The first-order valence-electron chi connectivity index (χ1n) is 5.65. The van der Waals surface area contributed by atoms with Crippen LogP contribution in [-0.2, 0) is 12.8 Å². The molecule has 0 aliphatic carbocycles. The summed E-state index contributed by atoms with van der Waals surface area (Å²) in [7, 11) is 0. The van der Waals surface area contributed by atoms with Crippen LogP contribution in [0.4, 0.5) is 8.78 Å². The van der Waals surface area contributed by atoms with E-state index in [0.29, 0.717) is 24.0 Å². The van der Waals surface area contributed by atoms with Gasteiger partial charge in [0.05, 0.1) is 0 Å². The Labute approximate surface area is 108 Å². The lowest BCUT2D eigenvalue weighted by atomic mass is 10.0. The Hall–Kier alpha value is -2.30. The van der Waals surface area contributed by atoms with Crippen LogP contribution in [0, 0.1) is 11.6 Å². The highest BCUT2D eigenvalue weighted by atomic mass is 19.2. The SMILES string of the molecule is Oc1ccc(CCc2ccc(F)c(F)c2)c(O)c1O. The molecule has 0 amide bonds. The van der Waals surface area contributed by atoms with Crippen molar-refractivity contribution in [2.75, 3.05) is 0 Å². The summed E-state index contributed by atoms with van der Waals surface area (Å²) < 4.78 is 25.8. The van der Waals surface area contributed by atoms with Gasteiger partial charge in [0.1, 0.15) is 0 Å². The normalized spacial score (nSPS) is 10.6. The third-order valence-corrected chi connectivity index (χ3v) is 2.88. The minimum atomic E-state index is -0.921. The third kappa shape index (κ3) is 2.76. The lowest BCUT2D eigenvalue weighted by Gasteiger charge is -2.08. The van der Waals surface area contributed by atoms with Crippen LogP contribution in [0.5, 0.6) is 17.2 Å². The molecule has 0 saturated carbocycles. The van der Waals surface area contributed by atoms with Gasteiger partial charge in [-0.25, -0.2) is 8.78 Å². The molecule has 0 fully saturated rings. The molecule has 2 aromatic carbocycles. The Kier molecular flexibility index (Phi) is 3.55. The van der Waals surface area contributed by atoms with Gasteiger partial charge in [0.25, 0.3) is 0 Å². The highest BCUT2D eigenvalue weighted by Crippen LogP contribution is 2.37. The van der Waals surface area contributed by atoms with E-state index in [-0.39, 0.29) is 0 Å². The number of hydrogen-bond donors (Lipinski definition) is 3. The number of aromatic hydroxyl groups is 3. The van der Waals surface area contributed by atoms with Crippen molar-refractivity contribution in [3.8, 4) is 17.2 Å². The smallest absolute Gasteiger partial charge is 0.200 e. The van der Waals surface area contributed by atoms with Crippen LogP contribution in [0.25, 0.3) is 0 Å². The van der Waals surface area contributed by atoms with Gasteiger partial charge in [0, 0.05) is 0 Å². The van der Waals surface area contributed by atoms with Gasteiger partial charge in [-0.2, -0.15) is 0 Å². The highest BCUT2D eigenvalue weighted by molar-refractivity contribution is 5.53. The minimum absolute atomic E-state index is 0.324. The molecule has 0 atom stereocenters. The van der Waals surface area contributed by atoms with Crippen LogP contribution in [0.15, 0.2) is 30.3 Å². The predicted octanol–water partition coefficient (Wildman–Crippen LogP) is 2.87. The lowest BCUT2D eigenvalue weighted by Crippen LogP contribution is -1.94. The summed E-state index contributed by atoms with van der Waals surface area (Å²) in [4.78, 5) is 0. The molecular weight excluding hydrogens is 254 g/mol. The van der Waals surface area contributed by atoms with E-state index in [1.807, 2.05) is 0 Å². The van der Waals surface area contributed by atoms with E-state index in [1.54, 1.807) is 0 Å². The first-order valence-corrected chi connectivity index (χ1v) is 5.65. The molecule has 0 aromatic heterocycles. The van der Waals surface area contributed by atoms with Crippen molar-refractivity contribution in [1.29, 1.82) is 0 Å². The summed E-state index contributed by atoms with van der Waals surface area (Å²) in [6.07, 6.45) is 0.694. The summed E-state index contributed by atoms with van der Waals surface area (Å²) in [6, 6.07) is 6.31. The topological polar surface area (TPSA) is 60.7 Å². The highest BCUT2D eigenvalue weighted by Gasteiger charge is 2.11. The number of aryl methyl sites for hydroxylation is 2. The Morgan fingerprint density at radius 1 is 0.789 bits per heavy atom. The van der Waals surface area contributed by atoms with Gasteiger partial charge in [-0.05, 0) is 42.2 Å². The Balaban J connectivity index is 2.14. The zero-order chi connectivity index (χ0) is 14.0. The summed E-state index contributed by atoms with van der Waals surface area (Å²) >= 11 is 0. The average Bonchev–Trinajstić information content (AvgIpc) is 2.39. The van der Waals surface area contributed by atoms with Gasteiger partial charge in [-0.3, -0.25) is 0 Å². The fraction of sp³-hybridized carbons (Fsp3) is 0.143. The van der Waals surface area contributed by atoms with Crippen molar-refractivity contribution < 1.29 is 24.1 Å². The second kappa shape index (κ2) is 5.14. The van der Waals surface area contributed by atoms with Crippen LogP contribution in [0.1, 0.15) is 11.1 Å². The number of hydrogen-bond acceptors (Lipinski definition) is 3. The Morgan fingerprint density at radius 2 is 1.53 bits per heavy atom. The fourth-order valence-electron chi connectivity index (χ4n) is 1.79. The molecule has 0 aliphatic heterocycles. The monoisotopic (exact) mass is 266 g/mol. The van der Waals surface area contributed by atoms with Gasteiger partial charge in [0.15, 0.2) is 23.1 Å². The van der Waals surface area contributed by atoms with Crippen LogP contribution in [0.2, 0.25) is 0 Å². The molecule has 0 radical (unpaired) electrons. The number of rotatable bonds is 3. The predicted molar refractivity (Wildman–Crippen MR) is 65.2 cm³/mol. The first-order chi connectivity index (χ1) is 8.99. The molecule has 100 valence electrons. The Bertz CT molecular complexity index is 612. The fourth-order valence-corrected chi connectivity index (χ4v) is 1.79. The van der Waals surface area contributed by atoms with Gasteiger partial charge in [0.2, 0.25) is 5.75 Å². The molecule has 0 heterocycles. The summed E-state index contributed by atoms with van der Waals surface area (Å²) in [5, 5.41) is 28.1.